The minimum Gasteiger partial charge on any atom is -0.497 e. The predicted molar refractivity (Wildman–Crippen MR) is 125 cm³/mol. The zero-order valence-corrected chi connectivity index (χ0v) is 19.3. The van der Waals surface area contributed by atoms with E-state index >= 15 is 0 Å². The molecule has 3 heterocycles. The second-order valence-corrected chi connectivity index (χ2v) is 8.69. The number of furan rings is 1. The molecule has 2 aliphatic heterocycles. The van der Waals surface area contributed by atoms with Crippen molar-refractivity contribution in [3.05, 3.63) is 59.4 Å². The number of carbonyl (C=O) groups is 4. The number of methoxy groups -OCH3 is 1. The molecule has 1 atom stereocenters. The van der Waals surface area contributed by atoms with Crippen molar-refractivity contribution in [3.8, 4) is 5.75 Å². The zero-order valence-electron chi connectivity index (χ0n) is 19.3. The molecule has 11 nitrogen and oxygen atoms in total. The summed E-state index contributed by atoms with van der Waals surface area (Å²) in [5, 5.41) is 8.29. The first-order valence-electron chi connectivity index (χ1n) is 10.8. The van der Waals surface area contributed by atoms with Crippen LogP contribution in [0.1, 0.15) is 21.7 Å². The number of nitrogens with one attached hydrogen (secondary N) is 3. The van der Waals surface area contributed by atoms with Crippen molar-refractivity contribution in [2.75, 3.05) is 33.1 Å². The van der Waals surface area contributed by atoms with Gasteiger partial charge in [-0.25, -0.2) is 9.59 Å². The van der Waals surface area contributed by atoms with Gasteiger partial charge in [0.1, 0.15) is 17.1 Å². The van der Waals surface area contributed by atoms with Crippen molar-refractivity contribution < 1.29 is 28.3 Å². The highest BCUT2D eigenvalue weighted by Crippen LogP contribution is 2.35. The lowest BCUT2D eigenvalue weighted by Gasteiger charge is -2.29. The maximum Gasteiger partial charge on any atom is 0.322 e. The lowest BCUT2D eigenvalue weighted by atomic mass is 9.95. The topological polar surface area (TPSA) is 133 Å². The van der Waals surface area contributed by atoms with Crippen LogP contribution in [-0.2, 0) is 16.9 Å². The van der Waals surface area contributed by atoms with Crippen molar-refractivity contribution in [1.29, 1.82) is 0 Å². The number of hydrogen-bond acceptors (Lipinski definition) is 6. The Bertz CT molecular complexity index is 1400. The highest BCUT2D eigenvalue weighted by Gasteiger charge is 2.53. The number of urea groups is 2. The second-order valence-electron chi connectivity index (χ2n) is 8.69. The van der Waals surface area contributed by atoms with Gasteiger partial charge < -0.3 is 29.6 Å². The molecule has 0 spiro atoms. The van der Waals surface area contributed by atoms with Gasteiger partial charge >= 0.3 is 12.1 Å². The molecule has 35 heavy (non-hydrogen) atoms. The number of fused-ring (bicyclic) bond motifs is 2. The number of anilines is 1. The second kappa shape index (κ2) is 8.05. The van der Waals surface area contributed by atoms with Crippen LogP contribution in [-0.4, -0.2) is 61.4 Å². The Hall–Kier alpha value is -4.54. The monoisotopic (exact) mass is 477 g/mol. The number of rotatable bonds is 5. The van der Waals surface area contributed by atoms with Crippen molar-refractivity contribution in [1.82, 2.24) is 20.4 Å². The van der Waals surface area contributed by atoms with Crippen LogP contribution in [0, 0.1) is 0 Å². The van der Waals surface area contributed by atoms with Crippen LogP contribution < -0.4 is 20.7 Å². The highest BCUT2D eigenvalue weighted by atomic mass is 16.5. The molecular weight excluding hydrogens is 454 g/mol. The summed E-state index contributed by atoms with van der Waals surface area (Å²) < 4.78 is 11.2. The third-order valence-electron chi connectivity index (χ3n) is 6.16. The fraction of sp³-hybridized carbons (Fsp3) is 0.250. The van der Waals surface area contributed by atoms with Gasteiger partial charge in [-0.1, -0.05) is 6.07 Å². The zero-order chi connectivity index (χ0) is 24.9. The van der Waals surface area contributed by atoms with Gasteiger partial charge in [0.25, 0.3) is 11.8 Å². The summed E-state index contributed by atoms with van der Waals surface area (Å²) in [6, 6.07) is 10.9. The van der Waals surface area contributed by atoms with Crippen molar-refractivity contribution in [2.24, 2.45) is 0 Å². The van der Waals surface area contributed by atoms with E-state index < -0.39 is 17.5 Å². The van der Waals surface area contributed by atoms with Gasteiger partial charge in [0.05, 0.1) is 13.7 Å². The first-order chi connectivity index (χ1) is 16.7. The molecule has 6 amide bonds. The van der Waals surface area contributed by atoms with E-state index in [4.69, 9.17) is 9.15 Å². The van der Waals surface area contributed by atoms with Gasteiger partial charge in [-0.15, -0.1) is 0 Å². The van der Waals surface area contributed by atoms with Gasteiger partial charge in [0.2, 0.25) is 0 Å². The smallest absolute Gasteiger partial charge is 0.322 e. The number of benzene rings is 2. The first-order valence-corrected chi connectivity index (χ1v) is 10.8. The maximum absolute atomic E-state index is 13.1. The Morgan fingerprint density at radius 3 is 2.66 bits per heavy atom. The molecule has 0 saturated carbocycles. The van der Waals surface area contributed by atoms with E-state index in [0.717, 1.165) is 5.56 Å². The minimum absolute atomic E-state index is 0.134. The summed E-state index contributed by atoms with van der Waals surface area (Å²) in [5.41, 5.74) is 0.649. The number of carbonyl (C=O) groups excluding carboxylic acids is 4. The molecule has 11 heteroatoms. The molecule has 2 aromatic carbocycles. The van der Waals surface area contributed by atoms with Crippen molar-refractivity contribution in [2.45, 2.75) is 12.1 Å². The third-order valence-corrected chi connectivity index (χ3v) is 6.16. The molecule has 0 aliphatic carbocycles. The molecule has 2 aliphatic rings. The normalized spacial score (nSPS) is 18.9. The van der Waals surface area contributed by atoms with E-state index in [1.165, 1.54) is 16.9 Å². The van der Waals surface area contributed by atoms with Crippen LogP contribution in [0.2, 0.25) is 0 Å². The van der Waals surface area contributed by atoms with Gasteiger partial charge in [-0.2, -0.15) is 0 Å². The Kier molecular flexibility index (Phi) is 5.12. The average Bonchev–Trinajstić information content (AvgIpc) is 3.47. The minimum atomic E-state index is -1.62. The SMILES string of the molecule is COc1ccc2c(c1)C(=O)N(CC1(c3cc4cc(NC(=O)N(C)C)ccc4o3)NC(=O)NC1=O)C2. The summed E-state index contributed by atoms with van der Waals surface area (Å²) in [6.45, 7) is 0.133. The van der Waals surface area contributed by atoms with Gasteiger partial charge in [0, 0.05) is 37.3 Å². The quantitative estimate of drug-likeness (QED) is 0.483. The fourth-order valence-corrected chi connectivity index (χ4v) is 4.30. The predicted octanol–water partition coefficient (Wildman–Crippen LogP) is 2.23. The standard InChI is InChI=1S/C24H23N5O6/c1-28(2)23(33)25-15-5-7-18-14(8-15)9-19(35-18)24(21(31)26-22(32)27-24)12-29-11-13-4-6-16(34-3)10-17(13)20(29)30/h4-10H,11-12H2,1-3H3,(H,25,33)(H2,26,27,31,32). The molecule has 5 rings (SSSR count). The molecule has 180 valence electrons. The van der Waals surface area contributed by atoms with E-state index in [-0.39, 0.29) is 30.8 Å². The summed E-state index contributed by atoms with van der Waals surface area (Å²) in [7, 11) is 4.77. The van der Waals surface area contributed by atoms with Crippen LogP contribution in [0.15, 0.2) is 46.9 Å². The Morgan fingerprint density at radius 2 is 1.97 bits per heavy atom. The number of ether oxygens (including phenoxy) is 1. The number of imide groups is 1. The Labute approximate surface area is 200 Å². The average molecular weight is 477 g/mol. The van der Waals surface area contributed by atoms with Gasteiger partial charge in [-0.05, 0) is 42.0 Å². The van der Waals surface area contributed by atoms with Crippen molar-refractivity contribution >= 4 is 40.5 Å². The van der Waals surface area contributed by atoms with E-state index in [2.05, 4.69) is 16.0 Å². The van der Waals surface area contributed by atoms with Crippen LogP contribution in [0.4, 0.5) is 15.3 Å². The molecule has 0 bridgehead atoms. The van der Waals surface area contributed by atoms with E-state index in [1.807, 2.05) is 0 Å². The van der Waals surface area contributed by atoms with Crippen LogP contribution >= 0.6 is 0 Å². The van der Waals surface area contributed by atoms with E-state index in [0.29, 0.717) is 28.0 Å². The maximum atomic E-state index is 13.1. The number of amides is 6. The van der Waals surface area contributed by atoms with Crippen LogP contribution in [0.5, 0.6) is 5.75 Å². The summed E-state index contributed by atoms with van der Waals surface area (Å²) in [4.78, 5) is 53.3. The van der Waals surface area contributed by atoms with E-state index in [9.17, 15) is 19.2 Å². The largest absolute Gasteiger partial charge is 0.497 e. The molecule has 0 radical (unpaired) electrons. The van der Waals surface area contributed by atoms with Crippen LogP contribution in [0.25, 0.3) is 11.0 Å². The van der Waals surface area contributed by atoms with Crippen molar-refractivity contribution in [3.63, 3.8) is 0 Å². The Morgan fingerprint density at radius 1 is 1.17 bits per heavy atom. The number of hydrogen-bond donors (Lipinski definition) is 3. The lowest BCUT2D eigenvalue weighted by molar-refractivity contribution is -0.125. The summed E-state index contributed by atoms with van der Waals surface area (Å²) in [5.74, 6) is -0.177. The third kappa shape index (κ3) is 3.70. The molecule has 3 N–H and O–H groups in total. The molecule has 1 aromatic heterocycles. The van der Waals surface area contributed by atoms with Gasteiger partial charge in [-0.3, -0.25) is 14.9 Å². The lowest BCUT2D eigenvalue weighted by Crippen LogP contribution is -2.52. The van der Waals surface area contributed by atoms with Gasteiger partial charge in [0.15, 0.2) is 5.54 Å². The summed E-state index contributed by atoms with van der Waals surface area (Å²) in [6.07, 6.45) is 0. The molecule has 1 unspecified atom stereocenters. The van der Waals surface area contributed by atoms with E-state index in [1.54, 1.807) is 56.6 Å². The fourth-order valence-electron chi connectivity index (χ4n) is 4.30. The molecule has 1 saturated heterocycles. The molecule has 3 aromatic rings. The summed E-state index contributed by atoms with van der Waals surface area (Å²) >= 11 is 0. The first kappa shape index (κ1) is 22.3. The highest BCUT2D eigenvalue weighted by molar-refractivity contribution is 6.08. The van der Waals surface area contributed by atoms with Crippen LogP contribution in [0.3, 0.4) is 0 Å². The molecule has 1 fully saturated rings. The molecular formula is C24H23N5O6. The number of nitrogens with zero attached hydrogens (tertiary/aromatic N) is 2. The Balaban J connectivity index is 1.49.